The van der Waals surface area contributed by atoms with Crippen molar-refractivity contribution in [2.45, 2.75) is 20.3 Å². The summed E-state index contributed by atoms with van der Waals surface area (Å²) in [5.74, 6) is 1.51. The van der Waals surface area contributed by atoms with Gasteiger partial charge in [-0.05, 0) is 49.2 Å². The average Bonchev–Trinajstić information content (AvgIpc) is 2.60. The van der Waals surface area contributed by atoms with Gasteiger partial charge in [0.05, 0.1) is 24.5 Å². The highest BCUT2D eigenvalue weighted by atomic mass is 16.5. The molecule has 0 saturated heterocycles. The predicted molar refractivity (Wildman–Crippen MR) is 91.3 cm³/mol. The van der Waals surface area contributed by atoms with Crippen LogP contribution in [0.15, 0.2) is 36.5 Å². The SMILES string of the molecule is CCCOc1ccc(/C=C/c2ccc(C#N)cn2)cc1OCC. The molecular weight excluding hydrogens is 288 g/mol. The Hall–Kier alpha value is -2.80. The number of hydrogen-bond donors (Lipinski definition) is 0. The van der Waals surface area contributed by atoms with E-state index in [-0.39, 0.29) is 0 Å². The molecule has 4 nitrogen and oxygen atoms in total. The Balaban J connectivity index is 2.16. The summed E-state index contributed by atoms with van der Waals surface area (Å²) < 4.78 is 11.3. The van der Waals surface area contributed by atoms with E-state index in [2.05, 4.69) is 18.0 Å². The lowest BCUT2D eigenvalue weighted by molar-refractivity contribution is 0.277. The standard InChI is InChI=1S/C19H20N2O2/c1-3-11-23-18-10-7-15(12-19(18)22-4-2)5-8-17-9-6-16(13-20)14-21-17/h5-10,12,14H,3-4,11H2,1-2H3/b8-5+. The summed E-state index contributed by atoms with van der Waals surface area (Å²) in [5.41, 5.74) is 2.36. The van der Waals surface area contributed by atoms with Crippen LogP contribution in [0, 0.1) is 11.3 Å². The van der Waals surface area contributed by atoms with Gasteiger partial charge >= 0.3 is 0 Å². The van der Waals surface area contributed by atoms with Crippen molar-refractivity contribution in [2.75, 3.05) is 13.2 Å². The van der Waals surface area contributed by atoms with Gasteiger partial charge in [-0.3, -0.25) is 4.98 Å². The average molecular weight is 308 g/mol. The number of benzene rings is 1. The minimum absolute atomic E-state index is 0.554. The predicted octanol–water partition coefficient (Wildman–Crippen LogP) is 4.31. The summed E-state index contributed by atoms with van der Waals surface area (Å²) in [4.78, 5) is 4.22. The highest BCUT2D eigenvalue weighted by Gasteiger charge is 2.05. The Kier molecular flexibility index (Phi) is 6.19. The van der Waals surface area contributed by atoms with Gasteiger partial charge in [0.1, 0.15) is 6.07 Å². The molecule has 0 aliphatic heterocycles. The van der Waals surface area contributed by atoms with Crippen LogP contribution < -0.4 is 9.47 Å². The first kappa shape index (κ1) is 16.6. The number of pyridine rings is 1. The second kappa shape index (κ2) is 8.60. The van der Waals surface area contributed by atoms with E-state index in [1.807, 2.05) is 43.3 Å². The maximum Gasteiger partial charge on any atom is 0.161 e. The zero-order valence-electron chi connectivity index (χ0n) is 13.5. The fourth-order valence-electron chi connectivity index (χ4n) is 1.98. The van der Waals surface area contributed by atoms with Crippen molar-refractivity contribution in [3.05, 3.63) is 53.3 Å². The molecule has 0 radical (unpaired) electrons. The van der Waals surface area contributed by atoms with Gasteiger partial charge < -0.3 is 9.47 Å². The van der Waals surface area contributed by atoms with Gasteiger partial charge in [0.2, 0.25) is 0 Å². The van der Waals surface area contributed by atoms with Crippen LogP contribution >= 0.6 is 0 Å². The van der Waals surface area contributed by atoms with E-state index in [4.69, 9.17) is 14.7 Å². The van der Waals surface area contributed by atoms with Crippen molar-refractivity contribution < 1.29 is 9.47 Å². The Morgan fingerprint density at radius 3 is 2.61 bits per heavy atom. The molecule has 1 aromatic carbocycles. The maximum atomic E-state index is 8.77. The molecule has 0 N–H and O–H groups in total. The lowest BCUT2D eigenvalue weighted by Crippen LogP contribution is -2.00. The molecule has 0 saturated carbocycles. The van der Waals surface area contributed by atoms with Crippen LogP contribution in [0.1, 0.15) is 37.1 Å². The van der Waals surface area contributed by atoms with E-state index in [0.29, 0.717) is 18.8 Å². The lowest BCUT2D eigenvalue weighted by Gasteiger charge is -2.12. The third kappa shape index (κ3) is 4.86. The van der Waals surface area contributed by atoms with Crippen molar-refractivity contribution in [1.29, 1.82) is 5.26 Å². The van der Waals surface area contributed by atoms with Crippen LogP contribution in [0.3, 0.4) is 0 Å². The van der Waals surface area contributed by atoms with Crippen LogP contribution in [-0.2, 0) is 0 Å². The first-order valence-electron chi connectivity index (χ1n) is 7.70. The van der Waals surface area contributed by atoms with Crippen molar-refractivity contribution in [1.82, 2.24) is 4.98 Å². The van der Waals surface area contributed by atoms with Gasteiger partial charge in [0.25, 0.3) is 0 Å². The monoisotopic (exact) mass is 308 g/mol. The van der Waals surface area contributed by atoms with Gasteiger partial charge in [-0.15, -0.1) is 0 Å². The molecule has 0 aliphatic carbocycles. The molecule has 0 unspecified atom stereocenters. The van der Waals surface area contributed by atoms with Crippen LogP contribution in [-0.4, -0.2) is 18.2 Å². The smallest absolute Gasteiger partial charge is 0.161 e. The fourth-order valence-corrected chi connectivity index (χ4v) is 1.98. The van der Waals surface area contributed by atoms with Crippen molar-refractivity contribution in [2.24, 2.45) is 0 Å². The summed E-state index contributed by atoms with van der Waals surface area (Å²) in [7, 11) is 0. The van der Waals surface area contributed by atoms with Crippen molar-refractivity contribution in [3.8, 4) is 17.6 Å². The first-order valence-corrected chi connectivity index (χ1v) is 7.70. The second-order valence-corrected chi connectivity index (χ2v) is 4.90. The number of hydrogen-bond acceptors (Lipinski definition) is 4. The minimum atomic E-state index is 0.554. The zero-order chi connectivity index (χ0) is 16.5. The van der Waals surface area contributed by atoms with Crippen molar-refractivity contribution in [3.63, 3.8) is 0 Å². The largest absolute Gasteiger partial charge is 0.490 e. The summed E-state index contributed by atoms with van der Waals surface area (Å²) in [6, 6.07) is 11.5. The Morgan fingerprint density at radius 1 is 1.09 bits per heavy atom. The summed E-state index contributed by atoms with van der Waals surface area (Å²) >= 11 is 0. The minimum Gasteiger partial charge on any atom is -0.490 e. The molecule has 0 bridgehead atoms. The number of aromatic nitrogens is 1. The third-order valence-electron chi connectivity index (χ3n) is 3.09. The van der Waals surface area contributed by atoms with Crippen LogP contribution in [0.4, 0.5) is 0 Å². The van der Waals surface area contributed by atoms with Gasteiger partial charge in [0, 0.05) is 6.20 Å². The molecule has 1 heterocycles. The Labute approximate surface area is 137 Å². The van der Waals surface area contributed by atoms with Crippen LogP contribution in [0.5, 0.6) is 11.5 Å². The summed E-state index contributed by atoms with van der Waals surface area (Å²) in [6.07, 6.45) is 6.38. The molecule has 0 atom stereocenters. The van der Waals surface area contributed by atoms with Crippen LogP contribution in [0.2, 0.25) is 0 Å². The van der Waals surface area contributed by atoms with E-state index in [1.165, 1.54) is 0 Å². The van der Waals surface area contributed by atoms with E-state index in [9.17, 15) is 0 Å². The fraction of sp³-hybridized carbons (Fsp3) is 0.263. The van der Waals surface area contributed by atoms with Gasteiger partial charge in [0.15, 0.2) is 11.5 Å². The highest BCUT2D eigenvalue weighted by Crippen LogP contribution is 2.29. The molecule has 2 rings (SSSR count). The molecule has 0 spiro atoms. The normalized spacial score (nSPS) is 10.5. The molecule has 0 amide bonds. The molecule has 0 aliphatic rings. The quantitative estimate of drug-likeness (QED) is 0.764. The molecule has 0 fully saturated rings. The van der Waals surface area contributed by atoms with E-state index in [0.717, 1.165) is 29.2 Å². The third-order valence-corrected chi connectivity index (χ3v) is 3.09. The maximum absolute atomic E-state index is 8.77. The molecule has 118 valence electrons. The summed E-state index contributed by atoms with van der Waals surface area (Å²) in [6.45, 7) is 5.28. The van der Waals surface area contributed by atoms with Gasteiger partial charge in [-0.1, -0.05) is 19.1 Å². The molecule has 23 heavy (non-hydrogen) atoms. The molecule has 4 heteroatoms. The van der Waals surface area contributed by atoms with Gasteiger partial charge in [-0.25, -0.2) is 0 Å². The van der Waals surface area contributed by atoms with Gasteiger partial charge in [-0.2, -0.15) is 5.26 Å². The van der Waals surface area contributed by atoms with E-state index >= 15 is 0 Å². The number of nitriles is 1. The molecule has 1 aromatic heterocycles. The summed E-state index contributed by atoms with van der Waals surface area (Å²) in [5, 5.41) is 8.77. The molecular formula is C19H20N2O2. The van der Waals surface area contributed by atoms with E-state index < -0.39 is 0 Å². The van der Waals surface area contributed by atoms with E-state index in [1.54, 1.807) is 12.3 Å². The Morgan fingerprint density at radius 2 is 1.96 bits per heavy atom. The number of rotatable bonds is 7. The zero-order valence-corrected chi connectivity index (χ0v) is 13.5. The highest BCUT2D eigenvalue weighted by molar-refractivity contribution is 5.69. The topological polar surface area (TPSA) is 55.1 Å². The first-order chi connectivity index (χ1) is 11.3. The van der Waals surface area contributed by atoms with Crippen molar-refractivity contribution >= 4 is 12.2 Å². The lowest BCUT2D eigenvalue weighted by atomic mass is 10.1. The van der Waals surface area contributed by atoms with Crippen LogP contribution in [0.25, 0.3) is 12.2 Å². The molecule has 2 aromatic rings. The second-order valence-electron chi connectivity index (χ2n) is 4.90. The number of ether oxygens (including phenoxy) is 2. The Bertz CT molecular complexity index is 700. The number of nitrogens with zero attached hydrogens (tertiary/aromatic N) is 2.